The maximum atomic E-state index is 13.5. The summed E-state index contributed by atoms with van der Waals surface area (Å²) in [5.74, 6) is -0.838. The van der Waals surface area contributed by atoms with E-state index in [9.17, 15) is 19.8 Å². The molecule has 0 bridgehead atoms. The van der Waals surface area contributed by atoms with Gasteiger partial charge in [-0.25, -0.2) is 0 Å². The summed E-state index contributed by atoms with van der Waals surface area (Å²) in [6.45, 7) is 9.79. The number of phenols is 1. The summed E-state index contributed by atoms with van der Waals surface area (Å²) in [5, 5.41) is 21.5. The van der Waals surface area contributed by atoms with Crippen molar-refractivity contribution in [1.82, 2.24) is 0 Å². The van der Waals surface area contributed by atoms with Crippen LogP contribution in [0.15, 0.2) is 60.2 Å². The van der Waals surface area contributed by atoms with Gasteiger partial charge in [0.2, 0.25) is 0 Å². The van der Waals surface area contributed by atoms with Gasteiger partial charge < -0.3 is 14.9 Å². The van der Waals surface area contributed by atoms with E-state index >= 15 is 0 Å². The number of nitrogens with zero attached hydrogens (tertiary/aromatic N) is 1. The number of hydrogen-bond donors (Lipinski definition) is 2. The molecular weight excluding hydrogens is 454 g/mol. The van der Waals surface area contributed by atoms with Crippen molar-refractivity contribution in [2.45, 2.75) is 46.6 Å². The van der Waals surface area contributed by atoms with Gasteiger partial charge in [0, 0.05) is 11.3 Å². The first-order valence-electron chi connectivity index (χ1n) is 11.9. The van der Waals surface area contributed by atoms with E-state index < -0.39 is 17.7 Å². The highest BCUT2D eigenvalue weighted by Gasteiger charge is 2.47. The summed E-state index contributed by atoms with van der Waals surface area (Å²) >= 11 is 0. The maximum absolute atomic E-state index is 13.5. The van der Waals surface area contributed by atoms with Crippen molar-refractivity contribution in [3.8, 4) is 11.5 Å². The average Bonchev–Trinajstić information content (AvgIpc) is 3.10. The number of phenolic OH excluding ortho intramolecular Hbond substituents is 1. The second kappa shape index (κ2) is 9.53. The van der Waals surface area contributed by atoms with Gasteiger partial charge in [0.1, 0.15) is 17.3 Å². The Kier molecular flexibility index (Phi) is 6.63. The van der Waals surface area contributed by atoms with Crippen LogP contribution in [-0.2, 0) is 9.59 Å². The van der Waals surface area contributed by atoms with Crippen LogP contribution in [-0.4, -0.2) is 29.0 Å². The third-order valence-corrected chi connectivity index (χ3v) is 6.88. The summed E-state index contributed by atoms with van der Waals surface area (Å²) in [6.07, 6.45) is 0. The minimum Gasteiger partial charge on any atom is -0.508 e. The number of aliphatic hydroxyl groups excluding tert-OH is 1. The van der Waals surface area contributed by atoms with E-state index in [0.717, 1.165) is 22.3 Å². The van der Waals surface area contributed by atoms with E-state index in [1.54, 1.807) is 25.3 Å². The van der Waals surface area contributed by atoms with Crippen molar-refractivity contribution in [3.63, 3.8) is 0 Å². The van der Waals surface area contributed by atoms with Crippen molar-refractivity contribution in [2.75, 3.05) is 12.0 Å². The van der Waals surface area contributed by atoms with Gasteiger partial charge in [-0.15, -0.1) is 0 Å². The van der Waals surface area contributed by atoms with Crippen LogP contribution in [0.5, 0.6) is 11.5 Å². The lowest BCUT2D eigenvalue weighted by atomic mass is 9.91. The molecule has 0 saturated carbocycles. The second-order valence-corrected chi connectivity index (χ2v) is 9.59. The molecule has 1 aliphatic rings. The lowest BCUT2D eigenvalue weighted by Crippen LogP contribution is -2.29. The molecule has 0 spiro atoms. The fourth-order valence-corrected chi connectivity index (χ4v) is 4.67. The first-order chi connectivity index (χ1) is 17.0. The molecule has 0 radical (unpaired) electrons. The predicted molar refractivity (Wildman–Crippen MR) is 141 cm³/mol. The van der Waals surface area contributed by atoms with Crippen molar-refractivity contribution in [1.29, 1.82) is 0 Å². The molecule has 186 valence electrons. The van der Waals surface area contributed by atoms with Crippen LogP contribution in [0, 0.1) is 20.8 Å². The Morgan fingerprint density at radius 1 is 0.917 bits per heavy atom. The third-order valence-electron chi connectivity index (χ3n) is 6.88. The van der Waals surface area contributed by atoms with Crippen molar-refractivity contribution in [2.24, 2.45) is 0 Å². The summed E-state index contributed by atoms with van der Waals surface area (Å²) < 4.78 is 5.53. The molecule has 1 atom stereocenters. The summed E-state index contributed by atoms with van der Waals surface area (Å²) in [7, 11) is 1.60. The van der Waals surface area contributed by atoms with Gasteiger partial charge in [-0.1, -0.05) is 32.0 Å². The van der Waals surface area contributed by atoms with Gasteiger partial charge in [-0.2, -0.15) is 0 Å². The Balaban J connectivity index is 1.99. The normalized spacial score (nSPS) is 17.2. The van der Waals surface area contributed by atoms with Gasteiger partial charge in [-0.05, 0) is 90.9 Å². The number of aliphatic hydroxyl groups is 1. The highest BCUT2D eigenvalue weighted by atomic mass is 16.5. The number of hydrogen-bond acceptors (Lipinski definition) is 5. The lowest BCUT2D eigenvalue weighted by Gasteiger charge is -2.26. The fraction of sp³-hybridized carbons (Fsp3) is 0.267. The highest BCUT2D eigenvalue weighted by Crippen LogP contribution is 2.44. The number of benzene rings is 3. The molecule has 3 aromatic rings. The number of amides is 1. The van der Waals surface area contributed by atoms with Crippen LogP contribution in [0.4, 0.5) is 5.69 Å². The molecule has 3 aromatic carbocycles. The Bertz CT molecular complexity index is 1390. The first kappa shape index (κ1) is 25.0. The largest absolute Gasteiger partial charge is 0.508 e. The smallest absolute Gasteiger partial charge is 0.300 e. The zero-order valence-electron chi connectivity index (χ0n) is 21.4. The number of carbonyl (C=O) groups excluding carboxylic acids is 2. The summed E-state index contributed by atoms with van der Waals surface area (Å²) in [5.41, 5.74) is 5.28. The van der Waals surface area contributed by atoms with E-state index in [0.29, 0.717) is 22.6 Å². The minimum absolute atomic E-state index is 0.00638. The predicted octanol–water partition coefficient (Wildman–Crippen LogP) is 6.08. The molecule has 0 aliphatic carbocycles. The molecule has 6 nitrogen and oxygen atoms in total. The standard InChI is InChI=1S/C30H31NO5/c1-16(2)23-15-24(19(5)14-25(23)36-6)28(33)26-27(20-8-11-22(32)12-9-20)31(30(35)29(26)34)21-10-7-17(3)18(4)13-21/h7-16,27,32-33H,1-6H3/b28-26+. The zero-order valence-corrected chi connectivity index (χ0v) is 21.4. The van der Waals surface area contributed by atoms with Crippen molar-refractivity contribution in [3.05, 3.63) is 93.6 Å². The maximum Gasteiger partial charge on any atom is 0.300 e. The molecule has 6 heteroatoms. The van der Waals surface area contributed by atoms with Crippen LogP contribution in [0.2, 0.25) is 0 Å². The fourth-order valence-electron chi connectivity index (χ4n) is 4.67. The molecule has 2 N–H and O–H groups in total. The van der Waals surface area contributed by atoms with E-state index in [1.807, 2.05) is 58.9 Å². The minimum atomic E-state index is -0.864. The molecule has 1 aliphatic heterocycles. The second-order valence-electron chi connectivity index (χ2n) is 9.59. The number of aryl methyl sites for hydroxylation is 3. The number of aromatic hydroxyl groups is 1. The Hall–Kier alpha value is -4.06. The molecule has 1 saturated heterocycles. The van der Waals surface area contributed by atoms with E-state index in [2.05, 4.69) is 0 Å². The monoisotopic (exact) mass is 485 g/mol. The van der Waals surface area contributed by atoms with Crippen molar-refractivity contribution < 1.29 is 24.5 Å². The number of anilines is 1. The molecule has 1 heterocycles. The van der Waals surface area contributed by atoms with Crippen LogP contribution in [0.3, 0.4) is 0 Å². The zero-order chi connectivity index (χ0) is 26.3. The number of ketones is 1. The van der Waals surface area contributed by atoms with E-state index in [-0.39, 0.29) is 23.0 Å². The van der Waals surface area contributed by atoms with Gasteiger partial charge >= 0.3 is 0 Å². The average molecular weight is 486 g/mol. The topological polar surface area (TPSA) is 87.1 Å². The summed E-state index contributed by atoms with van der Waals surface area (Å²) in [4.78, 5) is 28.3. The number of carbonyl (C=O) groups is 2. The number of ether oxygens (including phenoxy) is 1. The summed E-state index contributed by atoms with van der Waals surface area (Å²) in [6, 6.07) is 14.7. The number of methoxy groups -OCH3 is 1. The molecule has 1 fully saturated rings. The molecular formula is C30H31NO5. The van der Waals surface area contributed by atoms with Crippen LogP contribution in [0.1, 0.15) is 59.2 Å². The van der Waals surface area contributed by atoms with Crippen LogP contribution >= 0.6 is 0 Å². The lowest BCUT2D eigenvalue weighted by molar-refractivity contribution is -0.132. The number of rotatable bonds is 5. The van der Waals surface area contributed by atoms with E-state index in [1.165, 1.54) is 17.0 Å². The SMILES string of the molecule is COc1cc(C)c(/C(O)=C2\C(=O)C(=O)N(c3ccc(C)c(C)c3)C2c2ccc(O)cc2)cc1C(C)C. The highest BCUT2D eigenvalue weighted by molar-refractivity contribution is 6.51. The quantitative estimate of drug-likeness (QED) is 0.260. The molecule has 1 amide bonds. The molecule has 36 heavy (non-hydrogen) atoms. The first-order valence-corrected chi connectivity index (χ1v) is 11.9. The Morgan fingerprint density at radius 3 is 2.17 bits per heavy atom. The Morgan fingerprint density at radius 2 is 1.58 bits per heavy atom. The molecule has 4 rings (SSSR count). The van der Waals surface area contributed by atoms with Gasteiger partial charge in [0.05, 0.1) is 18.7 Å². The third kappa shape index (κ3) is 4.24. The van der Waals surface area contributed by atoms with Gasteiger partial charge in [0.15, 0.2) is 0 Å². The van der Waals surface area contributed by atoms with Crippen molar-refractivity contribution >= 4 is 23.1 Å². The van der Waals surface area contributed by atoms with Gasteiger partial charge in [-0.3, -0.25) is 14.5 Å². The Labute approximate surface area is 211 Å². The van der Waals surface area contributed by atoms with Crippen LogP contribution in [0.25, 0.3) is 5.76 Å². The molecule has 1 unspecified atom stereocenters. The number of Topliss-reactive ketones (excluding diaryl/α,β-unsaturated/α-hetero) is 1. The van der Waals surface area contributed by atoms with E-state index in [4.69, 9.17) is 4.74 Å². The molecule has 0 aromatic heterocycles. The van der Waals surface area contributed by atoms with Crippen LogP contribution < -0.4 is 9.64 Å². The van der Waals surface area contributed by atoms with Gasteiger partial charge in [0.25, 0.3) is 11.7 Å².